The van der Waals surface area contributed by atoms with Gasteiger partial charge in [0.15, 0.2) is 11.5 Å². The quantitative estimate of drug-likeness (QED) is 0.418. The third-order valence-corrected chi connectivity index (χ3v) is 4.09. The monoisotopic (exact) mass is 454 g/mol. The van der Waals surface area contributed by atoms with E-state index in [1.165, 1.54) is 51.1 Å². The van der Waals surface area contributed by atoms with E-state index in [-0.39, 0.29) is 45.1 Å². The second kappa shape index (κ2) is 9.35. The summed E-state index contributed by atoms with van der Waals surface area (Å²) in [5.74, 6) is -2.86. The molecule has 3 aromatic rings. The lowest BCUT2D eigenvalue weighted by molar-refractivity contribution is -0.134. The molecule has 0 aliphatic heterocycles. The van der Waals surface area contributed by atoms with Crippen LogP contribution in [0.3, 0.4) is 0 Å². The maximum absolute atomic E-state index is 13.3. The van der Waals surface area contributed by atoms with Crippen molar-refractivity contribution in [1.82, 2.24) is 0 Å². The first kappa shape index (κ1) is 23.2. The minimum Gasteiger partial charge on any atom is -0.463 e. The zero-order valence-corrected chi connectivity index (χ0v) is 18.0. The number of rotatable bonds is 5. The average Bonchev–Trinajstić information content (AvgIpc) is 2.67. The van der Waals surface area contributed by atoms with E-state index in [4.69, 9.17) is 23.4 Å². The van der Waals surface area contributed by atoms with Crippen molar-refractivity contribution in [2.45, 2.75) is 27.7 Å². The van der Waals surface area contributed by atoms with Gasteiger partial charge in [0.1, 0.15) is 28.7 Å². The lowest BCUT2D eigenvalue weighted by Gasteiger charge is -2.12. The van der Waals surface area contributed by atoms with Gasteiger partial charge in [-0.1, -0.05) is 6.07 Å². The Morgan fingerprint density at radius 3 is 1.88 bits per heavy atom. The van der Waals surface area contributed by atoms with Crippen LogP contribution in [-0.4, -0.2) is 23.9 Å². The molecule has 0 atom stereocenters. The molecule has 0 saturated heterocycles. The minimum atomic E-state index is -0.705. The molecule has 0 saturated carbocycles. The summed E-state index contributed by atoms with van der Waals surface area (Å²) in [4.78, 5) is 59.0. The van der Waals surface area contributed by atoms with Crippen LogP contribution in [0.4, 0.5) is 0 Å². The van der Waals surface area contributed by atoms with Crippen LogP contribution in [0.2, 0.25) is 0 Å². The highest BCUT2D eigenvalue weighted by molar-refractivity contribution is 5.91. The normalized spacial score (nSPS) is 10.4. The molecule has 170 valence electrons. The summed E-state index contributed by atoms with van der Waals surface area (Å²) in [6.45, 7) is 4.69. The molecular weight excluding hydrogens is 436 g/mol. The van der Waals surface area contributed by atoms with E-state index in [0.717, 1.165) is 13.2 Å². The molecule has 33 heavy (non-hydrogen) atoms. The van der Waals surface area contributed by atoms with Gasteiger partial charge in [0.2, 0.25) is 5.43 Å². The van der Waals surface area contributed by atoms with Crippen LogP contribution in [0.15, 0.2) is 45.8 Å². The van der Waals surface area contributed by atoms with Crippen molar-refractivity contribution in [3.63, 3.8) is 0 Å². The molecule has 3 rings (SSSR count). The summed E-state index contributed by atoms with van der Waals surface area (Å²) < 4.78 is 25.8. The summed E-state index contributed by atoms with van der Waals surface area (Å²) >= 11 is 0. The molecule has 0 unspecified atom stereocenters. The Bertz CT molecular complexity index is 1350. The Kier molecular flexibility index (Phi) is 6.57. The van der Waals surface area contributed by atoms with Gasteiger partial charge in [0.25, 0.3) is 0 Å². The first-order valence-electron chi connectivity index (χ1n) is 9.52. The average molecular weight is 454 g/mol. The summed E-state index contributed by atoms with van der Waals surface area (Å²) in [7, 11) is 0. The predicted octanol–water partition coefficient (Wildman–Crippen LogP) is 3.16. The molecular formula is C23H18O10. The van der Waals surface area contributed by atoms with E-state index in [1.807, 2.05) is 0 Å². The second-order valence-electron chi connectivity index (χ2n) is 6.81. The van der Waals surface area contributed by atoms with Crippen molar-refractivity contribution in [2.24, 2.45) is 0 Å². The van der Waals surface area contributed by atoms with Gasteiger partial charge in [-0.3, -0.25) is 24.0 Å². The lowest BCUT2D eigenvalue weighted by atomic mass is 10.0. The van der Waals surface area contributed by atoms with E-state index >= 15 is 0 Å². The van der Waals surface area contributed by atoms with Crippen LogP contribution in [0.5, 0.6) is 23.0 Å². The number of ether oxygens (including phenoxy) is 4. The highest BCUT2D eigenvalue weighted by atomic mass is 16.6. The minimum absolute atomic E-state index is 0.00972. The topological polar surface area (TPSA) is 135 Å². The summed E-state index contributed by atoms with van der Waals surface area (Å²) in [6.07, 6.45) is 1.15. The molecule has 0 radical (unpaired) electrons. The van der Waals surface area contributed by atoms with Gasteiger partial charge in [0.05, 0.1) is 5.56 Å². The largest absolute Gasteiger partial charge is 0.463 e. The van der Waals surface area contributed by atoms with Gasteiger partial charge in [-0.15, -0.1) is 0 Å². The Morgan fingerprint density at radius 2 is 1.27 bits per heavy atom. The first-order valence-corrected chi connectivity index (χ1v) is 9.52. The summed E-state index contributed by atoms with van der Waals surface area (Å²) in [6, 6.07) is 6.68. The summed E-state index contributed by atoms with van der Waals surface area (Å²) in [5, 5.41) is -0.0725. The maximum Gasteiger partial charge on any atom is 0.308 e. The van der Waals surface area contributed by atoms with Crippen LogP contribution >= 0.6 is 0 Å². The lowest BCUT2D eigenvalue weighted by Crippen LogP contribution is -2.11. The molecule has 0 N–H and O–H groups in total. The fraction of sp³-hybridized carbons (Fsp3) is 0.174. The Hall–Kier alpha value is -4.47. The van der Waals surface area contributed by atoms with Crippen molar-refractivity contribution in [1.29, 1.82) is 0 Å². The number of benzene rings is 2. The van der Waals surface area contributed by atoms with Crippen molar-refractivity contribution in [3.05, 3.63) is 46.8 Å². The first-order chi connectivity index (χ1) is 15.5. The molecule has 10 nitrogen and oxygen atoms in total. The van der Waals surface area contributed by atoms with Crippen molar-refractivity contribution < 1.29 is 42.5 Å². The van der Waals surface area contributed by atoms with Gasteiger partial charge < -0.3 is 23.4 Å². The number of carbonyl (C=O) groups is 4. The van der Waals surface area contributed by atoms with Crippen molar-refractivity contribution in [3.8, 4) is 34.1 Å². The zero-order valence-electron chi connectivity index (χ0n) is 18.0. The molecule has 2 aromatic carbocycles. The van der Waals surface area contributed by atoms with E-state index in [0.29, 0.717) is 0 Å². The summed E-state index contributed by atoms with van der Waals surface area (Å²) in [5.41, 5.74) is -0.249. The molecule has 0 aliphatic rings. The van der Waals surface area contributed by atoms with Gasteiger partial charge in [-0.05, 0) is 17.7 Å². The molecule has 0 amide bonds. The molecule has 1 heterocycles. The molecule has 0 spiro atoms. The van der Waals surface area contributed by atoms with Crippen molar-refractivity contribution in [2.75, 3.05) is 0 Å². The van der Waals surface area contributed by atoms with Crippen LogP contribution in [0, 0.1) is 0 Å². The smallest absolute Gasteiger partial charge is 0.308 e. The van der Waals surface area contributed by atoms with Gasteiger partial charge in [-0.25, -0.2) is 0 Å². The Morgan fingerprint density at radius 1 is 0.697 bits per heavy atom. The number of fused-ring (bicyclic) bond motifs is 1. The fourth-order valence-electron chi connectivity index (χ4n) is 3.00. The SMILES string of the molecule is CC(=O)Oc1cc(OC(C)=O)c2c(=O)c(-c3ccc(OC(C)=O)c(OC(C)=O)c3)coc2c1. The Labute approximate surface area is 186 Å². The number of hydrogen-bond donors (Lipinski definition) is 0. The molecule has 1 aromatic heterocycles. The third kappa shape index (κ3) is 5.42. The number of hydrogen-bond acceptors (Lipinski definition) is 10. The Balaban J connectivity index is 2.21. The zero-order chi connectivity index (χ0) is 24.3. The van der Waals surface area contributed by atoms with E-state index < -0.39 is 29.3 Å². The van der Waals surface area contributed by atoms with Gasteiger partial charge in [-0.2, -0.15) is 0 Å². The van der Waals surface area contributed by atoms with Gasteiger partial charge in [0, 0.05) is 39.8 Å². The molecule has 0 bridgehead atoms. The molecule has 10 heteroatoms. The molecule has 0 aliphatic carbocycles. The standard InChI is InChI=1S/C23H18O10/c1-11(24)30-16-8-20-22(21(9-16)33-14(4)27)23(28)17(10-29-20)15-5-6-18(31-12(2)25)19(7-15)32-13(3)26/h5-10H,1-4H3. The third-order valence-electron chi connectivity index (χ3n) is 4.09. The maximum atomic E-state index is 13.3. The van der Waals surface area contributed by atoms with Crippen LogP contribution in [-0.2, 0) is 19.2 Å². The fourth-order valence-corrected chi connectivity index (χ4v) is 3.00. The highest BCUT2D eigenvalue weighted by Crippen LogP contribution is 2.35. The van der Waals surface area contributed by atoms with E-state index in [2.05, 4.69) is 0 Å². The van der Waals surface area contributed by atoms with Crippen LogP contribution in [0.25, 0.3) is 22.1 Å². The highest BCUT2D eigenvalue weighted by Gasteiger charge is 2.19. The van der Waals surface area contributed by atoms with Crippen molar-refractivity contribution >= 4 is 34.8 Å². The number of esters is 4. The van der Waals surface area contributed by atoms with E-state index in [9.17, 15) is 24.0 Å². The second-order valence-corrected chi connectivity index (χ2v) is 6.81. The molecule has 0 fully saturated rings. The van der Waals surface area contributed by atoms with E-state index in [1.54, 1.807) is 0 Å². The van der Waals surface area contributed by atoms with Gasteiger partial charge >= 0.3 is 23.9 Å². The predicted molar refractivity (Wildman–Crippen MR) is 113 cm³/mol. The number of carbonyl (C=O) groups excluding carboxylic acids is 4. The van der Waals surface area contributed by atoms with Crippen LogP contribution in [0.1, 0.15) is 27.7 Å². The van der Waals surface area contributed by atoms with Crippen LogP contribution < -0.4 is 24.4 Å².